The lowest BCUT2D eigenvalue weighted by molar-refractivity contribution is 0.117. The molecule has 1 atom stereocenters. The molecule has 1 fully saturated rings. The lowest BCUT2D eigenvalue weighted by Gasteiger charge is -2.28. The summed E-state index contributed by atoms with van der Waals surface area (Å²) < 4.78 is 22.4. The number of aryl methyl sites for hydroxylation is 1. The van der Waals surface area contributed by atoms with Gasteiger partial charge in [0.25, 0.3) is 0 Å². The average molecular weight is 369 g/mol. The number of carbonyl (C=O) groups is 1. The summed E-state index contributed by atoms with van der Waals surface area (Å²) in [7, 11) is -3.69. The van der Waals surface area contributed by atoms with Crippen LogP contribution >= 0.6 is 0 Å². The first-order chi connectivity index (χ1) is 11.6. The molecule has 1 amide bonds. The van der Waals surface area contributed by atoms with E-state index in [0.717, 1.165) is 44.2 Å². The molecule has 1 unspecified atom stereocenters. The fraction of sp³-hybridized carbons (Fsp3) is 0.647. The second-order valence-electron chi connectivity index (χ2n) is 7.41. The van der Waals surface area contributed by atoms with Gasteiger partial charge in [-0.3, -0.25) is 4.98 Å². The van der Waals surface area contributed by atoms with E-state index in [0.29, 0.717) is 12.5 Å². The van der Waals surface area contributed by atoms with Crippen molar-refractivity contribution in [2.75, 3.05) is 6.54 Å². The number of aromatic nitrogens is 1. The monoisotopic (exact) mass is 369 g/mol. The molecule has 1 saturated heterocycles. The van der Waals surface area contributed by atoms with Gasteiger partial charge in [-0.2, -0.15) is 0 Å². The van der Waals surface area contributed by atoms with Crippen LogP contribution in [0.1, 0.15) is 51.6 Å². The fourth-order valence-electron chi connectivity index (χ4n) is 3.56. The van der Waals surface area contributed by atoms with Gasteiger partial charge >= 0.3 is 6.09 Å². The number of carboxylic acid groups (broad SMARTS) is 1. The maximum Gasteiger partial charge on any atom is 0.407 e. The molecule has 1 aliphatic rings. The molecule has 0 bridgehead atoms. The molecule has 8 heteroatoms. The topological polar surface area (TPSA) is 114 Å². The molecule has 0 aliphatic carbocycles. The lowest BCUT2D eigenvalue weighted by atomic mass is 9.92. The third kappa shape index (κ3) is 5.40. The van der Waals surface area contributed by atoms with E-state index in [4.69, 9.17) is 5.14 Å². The third-order valence-corrected chi connectivity index (χ3v) is 5.76. The Balaban J connectivity index is 1.70. The summed E-state index contributed by atoms with van der Waals surface area (Å²) in [4.78, 5) is 17.0. The molecule has 1 aromatic heterocycles. The van der Waals surface area contributed by atoms with Crippen LogP contribution in [0.3, 0.4) is 0 Å². The maximum atomic E-state index is 11.3. The molecule has 2 rings (SSSR count). The summed E-state index contributed by atoms with van der Waals surface area (Å²) in [5.41, 5.74) is 0.581. The Hall–Kier alpha value is -1.67. The first-order valence-electron chi connectivity index (χ1n) is 8.58. The Morgan fingerprint density at radius 1 is 1.36 bits per heavy atom. The third-order valence-electron chi connectivity index (χ3n) is 4.86. The molecule has 140 valence electrons. The van der Waals surface area contributed by atoms with Gasteiger partial charge in [-0.1, -0.05) is 12.8 Å². The molecular formula is C17H27N3O4S. The lowest BCUT2D eigenvalue weighted by Crippen LogP contribution is -2.41. The van der Waals surface area contributed by atoms with E-state index in [1.54, 1.807) is 11.0 Å². The number of rotatable bonds is 7. The van der Waals surface area contributed by atoms with E-state index in [1.807, 2.05) is 13.8 Å². The summed E-state index contributed by atoms with van der Waals surface area (Å²) in [6.45, 7) is 4.59. The molecule has 7 nitrogen and oxygen atoms in total. The van der Waals surface area contributed by atoms with Crippen molar-refractivity contribution in [1.82, 2.24) is 9.88 Å². The van der Waals surface area contributed by atoms with E-state index in [-0.39, 0.29) is 10.4 Å². The highest BCUT2D eigenvalue weighted by atomic mass is 32.2. The van der Waals surface area contributed by atoms with Crippen LogP contribution in [-0.4, -0.2) is 41.6 Å². The zero-order valence-corrected chi connectivity index (χ0v) is 15.6. The Kier molecular flexibility index (Phi) is 6.05. The number of nitrogens with zero attached hydrogens (tertiary/aromatic N) is 2. The molecular weight excluding hydrogens is 342 g/mol. The number of hydrogen-bond donors (Lipinski definition) is 2. The van der Waals surface area contributed by atoms with Crippen molar-refractivity contribution in [3.05, 3.63) is 24.0 Å². The van der Waals surface area contributed by atoms with Gasteiger partial charge in [-0.15, -0.1) is 0 Å². The van der Waals surface area contributed by atoms with E-state index in [2.05, 4.69) is 4.98 Å². The van der Waals surface area contributed by atoms with Gasteiger partial charge in [0, 0.05) is 24.0 Å². The number of primary sulfonamides is 1. The van der Waals surface area contributed by atoms with Crippen LogP contribution < -0.4 is 5.14 Å². The Morgan fingerprint density at radius 3 is 2.60 bits per heavy atom. The van der Waals surface area contributed by atoms with Crippen LogP contribution in [0.5, 0.6) is 0 Å². The highest BCUT2D eigenvalue weighted by molar-refractivity contribution is 7.89. The summed E-state index contributed by atoms with van der Waals surface area (Å²) in [6, 6.07) is 3.18. The van der Waals surface area contributed by atoms with Gasteiger partial charge in [0.05, 0.1) is 0 Å². The standard InChI is InChI=1S/C17H27N3O4S/c1-17(2)10-13(12-20(17)16(21)22)6-4-3-5-7-14-8-9-15(11-19-14)25(18,23)24/h8-9,11,13H,3-7,10,12H2,1-2H3,(H,21,22)(H2,18,23,24). The van der Waals surface area contributed by atoms with E-state index < -0.39 is 16.1 Å². The molecule has 0 radical (unpaired) electrons. The highest BCUT2D eigenvalue weighted by Crippen LogP contribution is 2.35. The zero-order valence-electron chi connectivity index (χ0n) is 14.8. The maximum absolute atomic E-state index is 11.3. The molecule has 1 aliphatic heterocycles. The van der Waals surface area contributed by atoms with Crippen molar-refractivity contribution in [2.24, 2.45) is 11.1 Å². The number of sulfonamides is 1. The summed E-state index contributed by atoms with van der Waals surface area (Å²) in [5, 5.41) is 14.3. The second kappa shape index (κ2) is 7.70. The van der Waals surface area contributed by atoms with Crippen LogP contribution in [0.25, 0.3) is 0 Å². The largest absolute Gasteiger partial charge is 0.465 e. The molecule has 25 heavy (non-hydrogen) atoms. The minimum atomic E-state index is -3.69. The minimum absolute atomic E-state index is 0.0306. The van der Waals surface area contributed by atoms with Crippen LogP contribution in [0, 0.1) is 5.92 Å². The van der Waals surface area contributed by atoms with Gasteiger partial charge in [0.15, 0.2) is 0 Å². The summed E-state index contributed by atoms with van der Waals surface area (Å²) >= 11 is 0. The smallest absolute Gasteiger partial charge is 0.407 e. The molecule has 0 aromatic carbocycles. The van der Waals surface area contributed by atoms with Crippen molar-refractivity contribution in [3.63, 3.8) is 0 Å². The molecule has 1 aromatic rings. The van der Waals surface area contributed by atoms with Crippen LogP contribution in [-0.2, 0) is 16.4 Å². The number of likely N-dealkylation sites (tertiary alicyclic amines) is 1. The van der Waals surface area contributed by atoms with E-state index in [1.165, 1.54) is 12.3 Å². The van der Waals surface area contributed by atoms with Gasteiger partial charge in [0.2, 0.25) is 10.0 Å². The Morgan fingerprint density at radius 2 is 2.08 bits per heavy atom. The van der Waals surface area contributed by atoms with Gasteiger partial charge in [0.1, 0.15) is 4.90 Å². The number of nitrogens with two attached hydrogens (primary N) is 1. The van der Waals surface area contributed by atoms with E-state index >= 15 is 0 Å². The number of pyridine rings is 1. The number of hydrogen-bond acceptors (Lipinski definition) is 4. The van der Waals surface area contributed by atoms with E-state index in [9.17, 15) is 18.3 Å². The normalized spacial score (nSPS) is 20.0. The highest BCUT2D eigenvalue weighted by Gasteiger charge is 2.40. The van der Waals surface area contributed by atoms with Crippen molar-refractivity contribution >= 4 is 16.1 Å². The van der Waals surface area contributed by atoms with Gasteiger partial charge < -0.3 is 10.0 Å². The van der Waals surface area contributed by atoms with Gasteiger partial charge in [-0.05, 0) is 57.6 Å². The molecule has 0 saturated carbocycles. The molecule has 2 heterocycles. The number of unbranched alkanes of at least 4 members (excludes halogenated alkanes) is 2. The zero-order chi connectivity index (χ0) is 18.7. The van der Waals surface area contributed by atoms with Gasteiger partial charge in [-0.25, -0.2) is 18.4 Å². The van der Waals surface area contributed by atoms with Crippen LogP contribution in [0.4, 0.5) is 4.79 Å². The van der Waals surface area contributed by atoms with Crippen molar-refractivity contribution < 1.29 is 18.3 Å². The summed E-state index contributed by atoms with van der Waals surface area (Å²) in [5.74, 6) is 0.429. The molecule has 0 spiro atoms. The molecule has 3 N–H and O–H groups in total. The SMILES string of the molecule is CC1(C)CC(CCCCCc2ccc(S(N)(=O)=O)cn2)CN1C(=O)O. The van der Waals surface area contributed by atoms with Crippen molar-refractivity contribution in [3.8, 4) is 0 Å². The first-order valence-corrected chi connectivity index (χ1v) is 10.1. The first kappa shape index (κ1) is 19.7. The predicted octanol–water partition coefficient (Wildman–Crippen LogP) is 2.61. The van der Waals surface area contributed by atoms with Crippen LogP contribution in [0.2, 0.25) is 0 Å². The summed E-state index contributed by atoms with van der Waals surface area (Å²) in [6.07, 6.45) is 6.28. The van der Waals surface area contributed by atoms with Crippen LogP contribution in [0.15, 0.2) is 23.2 Å². The number of amides is 1. The fourth-order valence-corrected chi connectivity index (χ4v) is 4.02. The Bertz CT molecular complexity index is 701. The minimum Gasteiger partial charge on any atom is -0.465 e. The van der Waals surface area contributed by atoms with Crippen molar-refractivity contribution in [1.29, 1.82) is 0 Å². The Labute approximate surface area is 149 Å². The predicted molar refractivity (Wildman–Crippen MR) is 94.7 cm³/mol. The van der Waals surface area contributed by atoms with Crippen molar-refractivity contribution in [2.45, 2.75) is 62.8 Å². The average Bonchev–Trinajstić information content (AvgIpc) is 2.81. The quantitative estimate of drug-likeness (QED) is 0.717. The second-order valence-corrected chi connectivity index (χ2v) is 8.97.